The number of para-hydroxylation sites is 1. The molecule has 2 saturated carbocycles. The van der Waals surface area contributed by atoms with E-state index < -0.39 is 0 Å². The van der Waals surface area contributed by atoms with Crippen LogP contribution in [0.2, 0.25) is 0 Å². The summed E-state index contributed by atoms with van der Waals surface area (Å²) in [7, 11) is 0. The molecular weight excluding hydrogens is 435 g/mol. The van der Waals surface area contributed by atoms with E-state index in [1.165, 1.54) is 6.42 Å². The number of rotatable bonds is 3. The Bertz CT molecular complexity index is 1050. The van der Waals surface area contributed by atoms with E-state index in [2.05, 4.69) is 20.6 Å². The van der Waals surface area contributed by atoms with Crippen LogP contribution in [0.3, 0.4) is 0 Å². The molecule has 2 bridgehead atoms. The monoisotopic (exact) mass is 462 g/mol. The number of carbonyl (C=O) groups is 1. The van der Waals surface area contributed by atoms with Crippen molar-refractivity contribution in [2.45, 2.75) is 51.1 Å². The summed E-state index contributed by atoms with van der Waals surface area (Å²) in [6, 6.07) is 10.3. The second-order valence-electron chi connectivity index (χ2n) is 8.47. The lowest BCUT2D eigenvalue weighted by atomic mass is 9.67. The van der Waals surface area contributed by atoms with E-state index in [0.29, 0.717) is 17.5 Å². The Balaban J connectivity index is 0.00000136. The molecule has 5 rings (SSSR count). The van der Waals surface area contributed by atoms with Crippen molar-refractivity contribution >= 4 is 41.6 Å². The number of pyridine rings is 1. The Labute approximate surface area is 194 Å². The minimum atomic E-state index is -0.140. The minimum absolute atomic E-state index is 0. The van der Waals surface area contributed by atoms with Crippen LogP contribution in [-0.2, 0) is 0 Å². The van der Waals surface area contributed by atoms with Gasteiger partial charge in [0.25, 0.3) is 5.91 Å². The van der Waals surface area contributed by atoms with Crippen LogP contribution in [0.1, 0.15) is 48.3 Å². The van der Waals surface area contributed by atoms with Gasteiger partial charge in [-0.1, -0.05) is 29.8 Å². The number of amides is 1. The van der Waals surface area contributed by atoms with E-state index in [-0.39, 0.29) is 42.8 Å². The fourth-order valence-electron chi connectivity index (χ4n) is 5.27. The molecule has 2 aliphatic carbocycles. The van der Waals surface area contributed by atoms with Crippen LogP contribution >= 0.6 is 24.8 Å². The second-order valence-corrected chi connectivity index (χ2v) is 8.47. The molecule has 0 saturated heterocycles. The third kappa shape index (κ3) is 4.27. The van der Waals surface area contributed by atoms with Crippen molar-refractivity contribution in [1.29, 1.82) is 0 Å². The topological polar surface area (TPSA) is 98.7 Å². The Kier molecular flexibility index (Phi) is 7.19. The Morgan fingerprint density at radius 1 is 1.13 bits per heavy atom. The van der Waals surface area contributed by atoms with Gasteiger partial charge in [-0.05, 0) is 56.6 Å². The molecule has 31 heavy (non-hydrogen) atoms. The molecule has 1 aromatic carbocycles. The van der Waals surface area contributed by atoms with Crippen LogP contribution in [0, 0.1) is 18.8 Å². The number of fused-ring (bicyclic) bond motifs is 3. The van der Waals surface area contributed by atoms with E-state index in [1.807, 2.05) is 37.3 Å². The maximum Gasteiger partial charge on any atom is 0.274 e. The van der Waals surface area contributed by atoms with Gasteiger partial charge >= 0.3 is 0 Å². The number of aromatic nitrogens is 4. The predicted molar refractivity (Wildman–Crippen MR) is 125 cm³/mol. The molecule has 2 aliphatic rings. The molecular formula is C22H28Cl2N6O. The van der Waals surface area contributed by atoms with Crippen molar-refractivity contribution in [3.05, 3.63) is 47.9 Å². The number of benzene rings is 1. The Morgan fingerprint density at radius 2 is 1.84 bits per heavy atom. The van der Waals surface area contributed by atoms with Gasteiger partial charge in [0.05, 0.1) is 16.9 Å². The van der Waals surface area contributed by atoms with E-state index in [0.717, 1.165) is 48.0 Å². The number of nitrogens with one attached hydrogen (secondary N) is 1. The molecule has 2 aromatic heterocycles. The van der Waals surface area contributed by atoms with Gasteiger partial charge in [-0.25, -0.2) is 4.68 Å². The van der Waals surface area contributed by atoms with Gasteiger partial charge in [-0.15, -0.1) is 29.9 Å². The molecule has 2 heterocycles. The number of hydrogen-bond acceptors (Lipinski definition) is 5. The average molecular weight is 463 g/mol. The summed E-state index contributed by atoms with van der Waals surface area (Å²) < 4.78 is 1.71. The molecule has 9 heteroatoms. The fourth-order valence-corrected chi connectivity index (χ4v) is 5.27. The van der Waals surface area contributed by atoms with Crippen molar-refractivity contribution in [2.75, 3.05) is 0 Å². The van der Waals surface area contributed by atoms with Crippen molar-refractivity contribution in [1.82, 2.24) is 25.3 Å². The van der Waals surface area contributed by atoms with E-state index >= 15 is 0 Å². The van der Waals surface area contributed by atoms with Crippen LogP contribution in [-0.4, -0.2) is 38.0 Å². The molecule has 2 fully saturated rings. The highest BCUT2D eigenvalue weighted by Gasteiger charge is 2.40. The van der Waals surface area contributed by atoms with Crippen LogP contribution < -0.4 is 11.1 Å². The molecule has 166 valence electrons. The lowest BCUT2D eigenvalue weighted by Crippen LogP contribution is -2.53. The highest BCUT2D eigenvalue weighted by molar-refractivity contribution is 5.94. The van der Waals surface area contributed by atoms with Gasteiger partial charge in [0.1, 0.15) is 0 Å². The zero-order valence-electron chi connectivity index (χ0n) is 17.4. The standard InChI is InChI=1S/C22H26N6O.2ClH/c1-13-19(22(29)25-20-15-6-2-7-16(20)12-17(23)11-15)26-27-28(13)18-9-3-5-14-8-4-10-24-21(14)18;;/h3-5,8-10,15-17,20H,2,6-7,11-12,23H2,1H3,(H,25,29);2*1H. The first-order chi connectivity index (χ1) is 14.1. The smallest absolute Gasteiger partial charge is 0.274 e. The first kappa shape index (κ1) is 23.4. The number of nitrogens with two attached hydrogens (primary N) is 1. The summed E-state index contributed by atoms with van der Waals surface area (Å²) in [6.07, 6.45) is 7.27. The predicted octanol–water partition coefficient (Wildman–Crippen LogP) is 3.60. The van der Waals surface area contributed by atoms with Crippen molar-refractivity contribution in [3.8, 4) is 5.69 Å². The van der Waals surface area contributed by atoms with Crippen molar-refractivity contribution < 1.29 is 4.79 Å². The highest BCUT2D eigenvalue weighted by atomic mass is 35.5. The van der Waals surface area contributed by atoms with Gasteiger partial charge in [-0.2, -0.15) is 0 Å². The van der Waals surface area contributed by atoms with E-state index in [4.69, 9.17) is 5.73 Å². The van der Waals surface area contributed by atoms with Crippen LogP contribution in [0.5, 0.6) is 0 Å². The first-order valence-corrected chi connectivity index (χ1v) is 10.4. The molecule has 1 amide bonds. The molecule has 0 aliphatic heterocycles. The molecule has 2 atom stereocenters. The summed E-state index contributed by atoms with van der Waals surface area (Å²) in [4.78, 5) is 17.6. The van der Waals surface area contributed by atoms with Crippen molar-refractivity contribution in [3.63, 3.8) is 0 Å². The number of hydrogen-bond donors (Lipinski definition) is 2. The third-order valence-electron chi connectivity index (χ3n) is 6.62. The van der Waals surface area contributed by atoms with E-state index in [1.54, 1.807) is 10.9 Å². The van der Waals surface area contributed by atoms with Gasteiger partial charge in [-0.3, -0.25) is 9.78 Å². The molecule has 3 N–H and O–H groups in total. The maximum atomic E-state index is 13.1. The normalized spacial score (nSPS) is 24.7. The lowest BCUT2D eigenvalue weighted by molar-refractivity contribution is 0.0751. The van der Waals surface area contributed by atoms with Crippen LogP contribution in [0.15, 0.2) is 36.5 Å². The summed E-state index contributed by atoms with van der Waals surface area (Å²) in [5, 5.41) is 12.8. The summed E-state index contributed by atoms with van der Waals surface area (Å²) in [5.41, 5.74) is 8.99. The van der Waals surface area contributed by atoms with Crippen LogP contribution in [0.4, 0.5) is 0 Å². The first-order valence-electron chi connectivity index (χ1n) is 10.4. The summed E-state index contributed by atoms with van der Waals surface area (Å²) in [6.45, 7) is 1.88. The minimum Gasteiger partial charge on any atom is -0.347 e. The zero-order chi connectivity index (χ0) is 20.0. The number of nitrogens with zero attached hydrogens (tertiary/aromatic N) is 4. The third-order valence-corrected chi connectivity index (χ3v) is 6.62. The van der Waals surface area contributed by atoms with Crippen molar-refractivity contribution in [2.24, 2.45) is 17.6 Å². The molecule has 0 radical (unpaired) electrons. The van der Waals surface area contributed by atoms with E-state index in [9.17, 15) is 4.79 Å². The SMILES string of the molecule is Cc1c(C(=O)NC2C3CCCC2CC(N)C3)nnn1-c1cccc2cccnc12.Cl.Cl. The number of halogens is 2. The molecule has 2 unspecified atom stereocenters. The largest absolute Gasteiger partial charge is 0.347 e. The molecule has 7 nitrogen and oxygen atoms in total. The Hall–Kier alpha value is -2.22. The fraction of sp³-hybridized carbons (Fsp3) is 0.455. The van der Waals surface area contributed by atoms with Crippen LogP contribution in [0.25, 0.3) is 16.6 Å². The summed E-state index contributed by atoms with van der Waals surface area (Å²) in [5.74, 6) is 0.803. The number of carbonyl (C=O) groups excluding carboxylic acids is 1. The van der Waals surface area contributed by atoms with Gasteiger partial charge < -0.3 is 11.1 Å². The molecule has 3 aromatic rings. The van der Waals surface area contributed by atoms with Gasteiger partial charge in [0.15, 0.2) is 5.69 Å². The molecule has 0 spiro atoms. The lowest BCUT2D eigenvalue weighted by Gasteiger charge is -2.45. The maximum absolute atomic E-state index is 13.1. The van der Waals surface area contributed by atoms with Gasteiger partial charge in [0, 0.05) is 23.7 Å². The Morgan fingerprint density at radius 3 is 2.58 bits per heavy atom. The zero-order valence-corrected chi connectivity index (χ0v) is 19.0. The average Bonchev–Trinajstić information content (AvgIpc) is 3.09. The highest BCUT2D eigenvalue weighted by Crippen LogP contribution is 2.39. The summed E-state index contributed by atoms with van der Waals surface area (Å²) >= 11 is 0. The second kappa shape index (κ2) is 9.51. The quantitative estimate of drug-likeness (QED) is 0.619. The van der Waals surface area contributed by atoms with Gasteiger partial charge in [0.2, 0.25) is 0 Å².